The minimum Gasteiger partial charge on any atom is -0.481 e. The zero-order chi connectivity index (χ0) is 32.9. The number of ether oxygens (including phenoxy) is 2. The van der Waals surface area contributed by atoms with Crippen LogP contribution in [0.4, 0.5) is 8.78 Å². The maximum absolute atomic E-state index is 14.0. The Morgan fingerprint density at radius 2 is 2.07 bits per heavy atom. The monoisotopic (exact) mass is 691 g/mol. The van der Waals surface area contributed by atoms with Gasteiger partial charge in [-0.25, -0.2) is 18.1 Å². The van der Waals surface area contributed by atoms with Crippen LogP contribution in [0.25, 0.3) is 21.1 Å². The SMILES string of the molecule is CC[C@@H]1CN(Cc2cc(C(CC(=O)O)c3cc(OC(F)F)c4c(nnn4C)c3C)cc3ccsc23)S(=O)(=O)c2cc(Cl)cnc2O1. The van der Waals surface area contributed by atoms with E-state index in [0.29, 0.717) is 34.2 Å². The van der Waals surface area contributed by atoms with Crippen LogP contribution in [0, 0.1) is 6.92 Å². The van der Waals surface area contributed by atoms with E-state index in [9.17, 15) is 27.1 Å². The largest absolute Gasteiger partial charge is 0.481 e. The summed E-state index contributed by atoms with van der Waals surface area (Å²) < 4.78 is 69.2. The third-order valence-corrected chi connectivity index (χ3v) is 11.1. The van der Waals surface area contributed by atoms with Gasteiger partial charge in [0, 0.05) is 30.4 Å². The average Bonchev–Trinajstić information content (AvgIpc) is 3.62. The summed E-state index contributed by atoms with van der Waals surface area (Å²) in [6.07, 6.45) is 0.970. The minimum atomic E-state index is -4.12. The molecule has 0 aliphatic carbocycles. The highest BCUT2D eigenvalue weighted by molar-refractivity contribution is 7.89. The molecule has 1 aliphatic rings. The molecular weight excluding hydrogens is 664 g/mol. The number of carboxylic acid groups (broad SMARTS) is 1. The normalized spacial score (nSPS) is 17.2. The van der Waals surface area contributed by atoms with Gasteiger partial charge in [0.15, 0.2) is 5.75 Å². The highest BCUT2D eigenvalue weighted by atomic mass is 35.5. The maximum Gasteiger partial charge on any atom is 0.387 e. The van der Waals surface area contributed by atoms with Gasteiger partial charge in [0.05, 0.1) is 18.0 Å². The van der Waals surface area contributed by atoms with Gasteiger partial charge in [-0.05, 0) is 70.6 Å². The molecule has 4 heterocycles. The van der Waals surface area contributed by atoms with E-state index in [-0.39, 0.29) is 46.6 Å². The fourth-order valence-corrected chi connectivity index (χ4v) is 8.52. The van der Waals surface area contributed by atoms with E-state index < -0.39 is 34.6 Å². The van der Waals surface area contributed by atoms with Crippen molar-refractivity contribution in [3.05, 3.63) is 69.2 Å². The fourth-order valence-electron chi connectivity index (χ4n) is 5.86. The van der Waals surface area contributed by atoms with Gasteiger partial charge in [-0.1, -0.05) is 29.8 Å². The first-order valence-corrected chi connectivity index (χ1v) is 16.9. The number of pyridine rings is 1. The van der Waals surface area contributed by atoms with Crippen molar-refractivity contribution in [1.29, 1.82) is 0 Å². The van der Waals surface area contributed by atoms with Crippen LogP contribution in [0.5, 0.6) is 11.6 Å². The van der Waals surface area contributed by atoms with E-state index in [2.05, 4.69) is 15.3 Å². The molecule has 3 aromatic heterocycles. The summed E-state index contributed by atoms with van der Waals surface area (Å²) in [4.78, 5) is 16.2. The van der Waals surface area contributed by atoms with Crippen LogP contribution in [0.1, 0.15) is 47.9 Å². The number of benzene rings is 2. The van der Waals surface area contributed by atoms with Crippen molar-refractivity contribution in [3.63, 3.8) is 0 Å². The zero-order valence-electron chi connectivity index (χ0n) is 24.8. The Kier molecular flexibility index (Phi) is 8.61. The number of rotatable bonds is 9. The summed E-state index contributed by atoms with van der Waals surface area (Å²) in [5.74, 6) is -2.15. The van der Waals surface area contributed by atoms with Gasteiger partial charge in [0.25, 0.3) is 0 Å². The van der Waals surface area contributed by atoms with Crippen molar-refractivity contribution in [2.45, 2.75) is 56.8 Å². The molecule has 46 heavy (non-hydrogen) atoms. The Morgan fingerprint density at radius 1 is 1.28 bits per heavy atom. The number of thiophene rings is 1. The molecule has 11 nitrogen and oxygen atoms in total. The first kappa shape index (κ1) is 32.0. The summed E-state index contributed by atoms with van der Waals surface area (Å²) in [6.45, 7) is 0.456. The predicted molar refractivity (Wildman–Crippen MR) is 167 cm³/mol. The number of carbonyl (C=O) groups is 1. The first-order valence-electron chi connectivity index (χ1n) is 14.2. The van der Waals surface area contributed by atoms with Crippen LogP contribution in [0.2, 0.25) is 5.02 Å². The number of aromatic nitrogens is 4. The van der Waals surface area contributed by atoms with Crippen LogP contribution in [0.15, 0.2) is 46.8 Å². The summed E-state index contributed by atoms with van der Waals surface area (Å²) in [5.41, 5.74) is 2.72. The molecular formula is C30H28ClF2N5O6S2. The van der Waals surface area contributed by atoms with Gasteiger partial charge in [-0.2, -0.15) is 13.1 Å². The van der Waals surface area contributed by atoms with Gasteiger partial charge < -0.3 is 14.6 Å². The lowest BCUT2D eigenvalue weighted by Crippen LogP contribution is -2.36. The Bertz CT molecular complexity index is 2090. The molecule has 0 saturated carbocycles. The number of sulfonamides is 1. The summed E-state index contributed by atoms with van der Waals surface area (Å²) in [6, 6.07) is 8.20. The van der Waals surface area contributed by atoms with Crippen molar-refractivity contribution in [1.82, 2.24) is 24.3 Å². The van der Waals surface area contributed by atoms with Crippen LogP contribution >= 0.6 is 22.9 Å². The molecule has 0 amide bonds. The molecule has 0 fully saturated rings. The van der Waals surface area contributed by atoms with Gasteiger partial charge >= 0.3 is 12.6 Å². The highest BCUT2D eigenvalue weighted by Gasteiger charge is 2.36. The number of halogens is 3. The van der Waals surface area contributed by atoms with Crippen LogP contribution < -0.4 is 9.47 Å². The summed E-state index contributed by atoms with van der Waals surface area (Å²) in [5, 5.41) is 20.9. The van der Waals surface area contributed by atoms with E-state index in [1.807, 2.05) is 24.4 Å². The second-order valence-electron chi connectivity index (χ2n) is 10.9. The smallest absolute Gasteiger partial charge is 0.387 e. The Morgan fingerprint density at radius 3 is 2.78 bits per heavy atom. The topological polar surface area (TPSA) is 137 Å². The summed E-state index contributed by atoms with van der Waals surface area (Å²) >= 11 is 7.56. The van der Waals surface area contributed by atoms with Gasteiger partial charge in [-0.15, -0.1) is 16.4 Å². The summed E-state index contributed by atoms with van der Waals surface area (Å²) in [7, 11) is -2.57. The average molecular weight is 692 g/mol. The number of alkyl halides is 2. The van der Waals surface area contributed by atoms with Crippen molar-refractivity contribution < 1.29 is 36.6 Å². The number of fused-ring (bicyclic) bond motifs is 3. The van der Waals surface area contributed by atoms with Crippen LogP contribution in [-0.4, -0.2) is 63.0 Å². The first-order chi connectivity index (χ1) is 21.9. The zero-order valence-corrected chi connectivity index (χ0v) is 27.2. The molecule has 0 saturated heterocycles. The van der Waals surface area contributed by atoms with Crippen molar-refractivity contribution in [3.8, 4) is 11.6 Å². The van der Waals surface area contributed by atoms with E-state index >= 15 is 0 Å². The molecule has 2 aromatic carbocycles. The van der Waals surface area contributed by atoms with Crippen LogP contribution in [-0.2, 0) is 28.4 Å². The molecule has 16 heteroatoms. The third kappa shape index (κ3) is 5.87. The van der Waals surface area contributed by atoms with E-state index in [1.165, 1.54) is 38.7 Å². The molecule has 2 atom stereocenters. The number of hydrogen-bond acceptors (Lipinski definition) is 9. The predicted octanol–water partition coefficient (Wildman–Crippen LogP) is 6.11. The molecule has 1 aliphatic heterocycles. The third-order valence-electron chi connectivity index (χ3n) is 8.05. The Hall–Kier alpha value is -3.92. The number of aliphatic carboxylic acids is 1. The maximum atomic E-state index is 14.0. The quantitative estimate of drug-likeness (QED) is 0.194. The standard InChI is InChI=1S/C30H28ClF2N5O6S2/c1-4-20-14-38(46(41,42)24-9-19(31)12-34-29(24)43-20)13-18-8-17(7-16-5-6-45-28(16)18)22(11-25(39)40)21-10-23(44-30(32)33)27-26(15(21)2)35-36-37(27)3/h5-10,12,20,22,30H,4,11,13-14H2,1-3H3,(H,39,40)/t20-,22?/m1/s1. The molecule has 1 unspecified atom stereocenters. The van der Waals surface area contributed by atoms with E-state index in [1.54, 1.807) is 20.0 Å². The minimum absolute atomic E-state index is 0.0213. The van der Waals surface area contributed by atoms with Crippen molar-refractivity contribution >= 4 is 60.0 Å². The Balaban J connectivity index is 1.50. The van der Waals surface area contributed by atoms with Crippen LogP contribution in [0.3, 0.4) is 0 Å². The lowest BCUT2D eigenvalue weighted by atomic mass is 9.84. The molecule has 0 radical (unpaired) electrons. The van der Waals surface area contributed by atoms with E-state index in [0.717, 1.165) is 10.1 Å². The van der Waals surface area contributed by atoms with Crippen molar-refractivity contribution in [2.75, 3.05) is 6.54 Å². The number of hydrogen-bond donors (Lipinski definition) is 1. The van der Waals surface area contributed by atoms with Gasteiger partial charge in [0.1, 0.15) is 22.0 Å². The molecule has 6 rings (SSSR count). The lowest BCUT2D eigenvalue weighted by molar-refractivity contribution is -0.137. The fraction of sp³-hybridized carbons (Fsp3) is 0.333. The Labute approximate surface area is 271 Å². The second-order valence-corrected chi connectivity index (χ2v) is 14.2. The highest BCUT2D eigenvalue weighted by Crippen LogP contribution is 2.41. The molecule has 5 aromatic rings. The second kappa shape index (κ2) is 12.4. The van der Waals surface area contributed by atoms with Gasteiger partial charge in [0.2, 0.25) is 15.9 Å². The number of aryl methyl sites for hydroxylation is 2. The number of nitrogens with zero attached hydrogens (tertiary/aromatic N) is 5. The lowest BCUT2D eigenvalue weighted by Gasteiger charge is -2.24. The van der Waals surface area contributed by atoms with Gasteiger partial charge in [-0.3, -0.25) is 4.79 Å². The number of carboxylic acids is 1. The van der Waals surface area contributed by atoms with Crippen molar-refractivity contribution in [2.24, 2.45) is 7.05 Å². The molecule has 0 bridgehead atoms. The van der Waals surface area contributed by atoms with E-state index in [4.69, 9.17) is 21.1 Å². The molecule has 1 N–H and O–H groups in total. The molecule has 242 valence electrons. The molecule has 0 spiro atoms.